The number of benzene rings is 1. The molecule has 0 bridgehead atoms. The molecule has 24 heavy (non-hydrogen) atoms. The van der Waals surface area contributed by atoms with E-state index in [0.29, 0.717) is 12.5 Å². The van der Waals surface area contributed by atoms with Crippen molar-refractivity contribution in [3.05, 3.63) is 42.1 Å². The van der Waals surface area contributed by atoms with E-state index in [1.807, 2.05) is 30.3 Å². The summed E-state index contributed by atoms with van der Waals surface area (Å²) in [5.74, 6) is -0.274. The zero-order chi connectivity index (χ0) is 16.8. The van der Waals surface area contributed by atoms with Crippen molar-refractivity contribution in [1.82, 2.24) is 10.3 Å². The molecule has 1 aromatic carbocycles. The molecule has 126 valence electrons. The van der Waals surface area contributed by atoms with Crippen molar-refractivity contribution in [3.8, 4) is 0 Å². The summed E-state index contributed by atoms with van der Waals surface area (Å²) in [6, 6.07) is 11.0. The number of hydrogen-bond acceptors (Lipinski definition) is 4. The number of ether oxygens (including phenoxy) is 1. The third kappa shape index (κ3) is 4.31. The highest BCUT2D eigenvalue weighted by Gasteiger charge is 2.16. The van der Waals surface area contributed by atoms with Gasteiger partial charge in [0.15, 0.2) is 6.61 Å². The van der Waals surface area contributed by atoms with Crippen molar-refractivity contribution in [1.29, 1.82) is 0 Å². The molecule has 1 aliphatic rings. The molecule has 0 aliphatic heterocycles. The lowest BCUT2D eigenvalue weighted by atomic mass is 9.89. The minimum absolute atomic E-state index is 0.216. The molecular weight excluding hydrogens is 304 g/mol. The summed E-state index contributed by atoms with van der Waals surface area (Å²) in [4.78, 5) is 28.1. The Morgan fingerprint density at radius 3 is 2.71 bits per heavy atom. The minimum atomic E-state index is -0.575. The van der Waals surface area contributed by atoms with E-state index in [2.05, 4.69) is 10.3 Å². The quantitative estimate of drug-likeness (QED) is 0.857. The van der Waals surface area contributed by atoms with Crippen molar-refractivity contribution in [3.63, 3.8) is 0 Å². The van der Waals surface area contributed by atoms with Crippen LogP contribution >= 0.6 is 0 Å². The molecule has 5 nitrogen and oxygen atoms in total. The number of esters is 1. The summed E-state index contributed by atoms with van der Waals surface area (Å²) >= 11 is 0. The van der Waals surface area contributed by atoms with E-state index in [1.165, 1.54) is 32.1 Å². The van der Waals surface area contributed by atoms with E-state index in [4.69, 9.17) is 4.74 Å². The highest BCUT2D eigenvalue weighted by molar-refractivity contribution is 5.92. The maximum absolute atomic E-state index is 12.0. The smallest absolute Gasteiger partial charge is 0.357 e. The molecule has 0 saturated heterocycles. The van der Waals surface area contributed by atoms with Gasteiger partial charge < -0.3 is 10.1 Å². The van der Waals surface area contributed by atoms with Gasteiger partial charge >= 0.3 is 5.97 Å². The molecule has 0 unspecified atom stereocenters. The largest absolute Gasteiger partial charge is 0.451 e. The topological polar surface area (TPSA) is 68.3 Å². The van der Waals surface area contributed by atoms with Crippen LogP contribution in [-0.4, -0.2) is 30.0 Å². The van der Waals surface area contributed by atoms with E-state index in [9.17, 15) is 9.59 Å². The Morgan fingerprint density at radius 2 is 1.88 bits per heavy atom. The van der Waals surface area contributed by atoms with E-state index in [1.54, 1.807) is 6.07 Å². The summed E-state index contributed by atoms with van der Waals surface area (Å²) in [5.41, 5.74) is 0.947. The lowest BCUT2D eigenvalue weighted by Crippen LogP contribution is -2.33. The molecular formula is C19H22N2O3. The van der Waals surface area contributed by atoms with Crippen LogP contribution < -0.4 is 5.32 Å². The maximum atomic E-state index is 12.0. The molecule has 1 aliphatic carbocycles. The summed E-state index contributed by atoms with van der Waals surface area (Å²) in [7, 11) is 0. The Morgan fingerprint density at radius 1 is 1.08 bits per heavy atom. The molecule has 1 amide bonds. The van der Waals surface area contributed by atoms with Crippen molar-refractivity contribution < 1.29 is 14.3 Å². The third-order valence-electron chi connectivity index (χ3n) is 4.45. The Bertz CT molecular complexity index is 723. The summed E-state index contributed by atoms with van der Waals surface area (Å²) in [6.45, 7) is 0.407. The number of aromatic nitrogens is 1. The van der Waals surface area contributed by atoms with Gasteiger partial charge in [0.25, 0.3) is 5.91 Å². The predicted molar refractivity (Wildman–Crippen MR) is 91.6 cm³/mol. The number of hydrogen-bond donors (Lipinski definition) is 1. The van der Waals surface area contributed by atoms with Crippen molar-refractivity contribution in [2.75, 3.05) is 13.2 Å². The monoisotopic (exact) mass is 326 g/mol. The highest BCUT2D eigenvalue weighted by atomic mass is 16.5. The van der Waals surface area contributed by atoms with E-state index >= 15 is 0 Å². The summed E-state index contributed by atoms with van der Waals surface area (Å²) in [5, 5.41) is 3.81. The molecule has 0 atom stereocenters. The average Bonchev–Trinajstić information content (AvgIpc) is 2.65. The molecule has 1 heterocycles. The number of nitrogens with one attached hydrogen (secondary N) is 1. The third-order valence-corrected chi connectivity index (χ3v) is 4.45. The number of nitrogens with zero attached hydrogens (tertiary/aromatic N) is 1. The van der Waals surface area contributed by atoms with Gasteiger partial charge in [0.05, 0.1) is 5.52 Å². The van der Waals surface area contributed by atoms with Gasteiger partial charge in [-0.25, -0.2) is 9.78 Å². The molecule has 1 saturated carbocycles. The SMILES string of the molecule is O=C(COC(=O)c1ccc2ccccc2n1)NCC1CCCCC1. The summed E-state index contributed by atoms with van der Waals surface area (Å²) < 4.78 is 5.07. The van der Waals surface area contributed by atoms with Crippen LogP contribution in [0.4, 0.5) is 0 Å². The molecule has 1 N–H and O–H groups in total. The fourth-order valence-electron chi connectivity index (χ4n) is 3.09. The molecule has 5 heteroatoms. The van der Waals surface area contributed by atoms with Gasteiger partial charge in [-0.3, -0.25) is 4.79 Å². The Kier molecular flexibility index (Phi) is 5.41. The van der Waals surface area contributed by atoms with Crippen LogP contribution in [-0.2, 0) is 9.53 Å². The Balaban J connectivity index is 1.47. The first-order chi connectivity index (χ1) is 11.7. The van der Waals surface area contributed by atoms with Crippen LogP contribution in [0.2, 0.25) is 0 Å². The molecule has 2 aromatic rings. The van der Waals surface area contributed by atoms with Crippen molar-refractivity contribution in [2.24, 2.45) is 5.92 Å². The van der Waals surface area contributed by atoms with Gasteiger partial charge in [0.1, 0.15) is 5.69 Å². The number of amides is 1. The lowest BCUT2D eigenvalue weighted by Gasteiger charge is -2.21. The normalized spacial score (nSPS) is 15.2. The van der Waals surface area contributed by atoms with E-state index in [-0.39, 0.29) is 18.2 Å². The van der Waals surface area contributed by atoms with Crippen LogP contribution in [0.3, 0.4) is 0 Å². The standard InChI is InChI=1S/C19H22N2O3/c22-18(20-12-14-6-2-1-3-7-14)13-24-19(23)17-11-10-15-8-4-5-9-16(15)21-17/h4-5,8-11,14H,1-3,6-7,12-13H2,(H,20,22). The molecule has 1 aromatic heterocycles. The second-order valence-corrected chi connectivity index (χ2v) is 6.27. The van der Waals surface area contributed by atoms with Gasteiger partial charge in [-0.1, -0.05) is 43.5 Å². The lowest BCUT2D eigenvalue weighted by molar-refractivity contribution is -0.124. The van der Waals surface area contributed by atoms with Gasteiger partial charge in [-0.05, 0) is 30.9 Å². The van der Waals surface area contributed by atoms with Crippen LogP contribution in [0, 0.1) is 5.92 Å². The van der Waals surface area contributed by atoms with E-state index < -0.39 is 5.97 Å². The van der Waals surface area contributed by atoms with Crippen LogP contribution in [0.25, 0.3) is 10.9 Å². The van der Waals surface area contributed by atoms with Gasteiger partial charge in [0.2, 0.25) is 0 Å². The van der Waals surface area contributed by atoms with Gasteiger partial charge in [-0.2, -0.15) is 0 Å². The number of rotatable bonds is 5. The van der Waals surface area contributed by atoms with Gasteiger partial charge in [-0.15, -0.1) is 0 Å². The predicted octanol–water partition coefficient (Wildman–Crippen LogP) is 3.09. The number of pyridine rings is 1. The minimum Gasteiger partial charge on any atom is -0.451 e. The highest BCUT2D eigenvalue weighted by Crippen LogP contribution is 2.22. The van der Waals surface area contributed by atoms with Crippen LogP contribution in [0.1, 0.15) is 42.6 Å². The first-order valence-electron chi connectivity index (χ1n) is 8.52. The average molecular weight is 326 g/mol. The first kappa shape index (κ1) is 16.4. The van der Waals surface area contributed by atoms with Crippen molar-refractivity contribution in [2.45, 2.75) is 32.1 Å². The molecule has 3 rings (SSSR count). The van der Waals surface area contributed by atoms with Crippen molar-refractivity contribution >= 4 is 22.8 Å². The Hall–Kier alpha value is -2.43. The molecule has 1 fully saturated rings. The second-order valence-electron chi connectivity index (χ2n) is 6.27. The number of fused-ring (bicyclic) bond motifs is 1. The van der Waals surface area contributed by atoms with E-state index in [0.717, 1.165) is 10.9 Å². The number of para-hydroxylation sites is 1. The van der Waals surface area contributed by atoms with Gasteiger partial charge in [0, 0.05) is 11.9 Å². The first-order valence-corrected chi connectivity index (χ1v) is 8.52. The maximum Gasteiger partial charge on any atom is 0.357 e. The fraction of sp³-hybridized carbons (Fsp3) is 0.421. The van der Waals surface area contributed by atoms with Crippen LogP contribution in [0.5, 0.6) is 0 Å². The zero-order valence-corrected chi connectivity index (χ0v) is 13.7. The van der Waals surface area contributed by atoms with Crippen LogP contribution in [0.15, 0.2) is 36.4 Å². The number of carbonyl (C=O) groups excluding carboxylic acids is 2. The molecule has 0 spiro atoms. The Labute approximate surface area is 141 Å². The molecule has 0 radical (unpaired) electrons. The number of carbonyl (C=O) groups is 2. The zero-order valence-electron chi connectivity index (χ0n) is 13.7. The second kappa shape index (κ2) is 7.90. The summed E-state index contributed by atoms with van der Waals surface area (Å²) in [6.07, 6.45) is 6.11. The fourth-order valence-corrected chi connectivity index (χ4v) is 3.09.